The molecule has 0 aromatic heterocycles. The molecule has 2 heterocycles. The molecule has 6 heteroatoms. The van der Waals surface area contributed by atoms with Gasteiger partial charge in [0.1, 0.15) is 18.3 Å². The lowest BCUT2D eigenvalue weighted by Gasteiger charge is -2.26. The standard InChI is InChI=1S/C25H49NO5/c1-6-7-8-9-10-11-12-13-14-15-19-28-22-21(20-27-18-16-17-26(4)5)29-24-23(22)30-25(2,3)31-24/h21-24H,6-20H2,1-5H3/t21-,22+,23-,24-/m1/s1. The molecule has 0 radical (unpaired) electrons. The van der Waals surface area contributed by atoms with Crippen LogP contribution in [0.3, 0.4) is 0 Å². The number of nitrogens with zero attached hydrogens (tertiary/aromatic N) is 1. The van der Waals surface area contributed by atoms with Crippen LogP contribution in [-0.4, -0.2) is 75.7 Å². The topological polar surface area (TPSA) is 49.4 Å². The van der Waals surface area contributed by atoms with Crippen LogP contribution in [0, 0.1) is 0 Å². The summed E-state index contributed by atoms with van der Waals surface area (Å²) in [6.45, 7) is 9.16. The van der Waals surface area contributed by atoms with Crippen molar-refractivity contribution in [2.75, 3.05) is 40.5 Å². The first kappa shape index (κ1) is 27.0. The molecule has 0 bridgehead atoms. The molecule has 0 aromatic rings. The van der Waals surface area contributed by atoms with Gasteiger partial charge in [-0.15, -0.1) is 0 Å². The molecule has 0 saturated carbocycles. The molecule has 2 saturated heterocycles. The van der Waals surface area contributed by atoms with Crippen molar-refractivity contribution in [3.8, 4) is 0 Å². The highest BCUT2D eigenvalue weighted by Crippen LogP contribution is 2.38. The molecular formula is C25H49NO5. The molecular weight excluding hydrogens is 394 g/mol. The highest BCUT2D eigenvalue weighted by molar-refractivity contribution is 4.94. The summed E-state index contributed by atoms with van der Waals surface area (Å²) in [5.74, 6) is -0.619. The fraction of sp³-hybridized carbons (Fsp3) is 1.00. The molecule has 0 spiro atoms. The minimum Gasteiger partial charge on any atom is -0.379 e. The third kappa shape index (κ3) is 10.5. The summed E-state index contributed by atoms with van der Waals surface area (Å²) in [7, 11) is 4.16. The second kappa shape index (κ2) is 14.8. The van der Waals surface area contributed by atoms with E-state index in [1.165, 1.54) is 57.8 Å². The normalized spacial score (nSPS) is 27.3. The minimum absolute atomic E-state index is 0.126. The summed E-state index contributed by atoms with van der Waals surface area (Å²) in [4.78, 5) is 2.17. The third-order valence-electron chi connectivity index (χ3n) is 6.07. The monoisotopic (exact) mass is 443 g/mol. The first-order chi connectivity index (χ1) is 14.9. The summed E-state index contributed by atoms with van der Waals surface area (Å²) in [6, 6.07) is 0. The van der Waals surface area contributed by atoms with Crippen LogP contribution < -0.4 is 0 Å². The lowest BCUT2D eigenvalue weighted by Crippen LogP contribution is -2.39. The Kier molecular flexibility index (Phi) is 12.9. The average Bonchev–Trinajstić information content (AvgIpc) is 3.17. The van der Waals surface area contributed by atoms with Gasteiger partial charge < -0.3 is 28.6 Å². The molecule has 2 aliphatic heterocycles. The molecule has 2 aliphatic rings. The van der Waals surface area contributed by atoms with Gasteiger partial charge in [0.15, 0.2) is 12.1 Å². The van der Waals surface area contributed by atoms with Gasteiger partial charge in [-0.1, -0.05) is 64.7 Å². The van der Waals surface area contributed by atoms with Crippen molar-refractivity contribution >= 4 is 0 Å². The Morgan fingerprint density at radius 1 is 0.806 bits per heavy atom. The van der Waals surface area contributed by atoms with E-state index in [1.54, 1.807) is 0 Å². The minimum atomic E-state index is -0.619. The van der Waals surface area contributed by atoms with E-state index in [-0.39, 0.29) is 24.6 Å². The zero-order chi connectivity index (χ0) is 22.5. The molecule has 6 nitrogen and oxygen atoms in total. The Morgan fingerprint density at radius 2 is 1.45 bits per heavy atom. The summed E-state index contributed by atoms with van der Waals surface area (Å²) in [6.07, 6.45) is 13.5. The summed E-state index contributed by atoms with van der Waals surface area (Å²) < 4.78 is 30.3. The van der Waals surface area contributed by atoms with E-state index >= 15 is 0 Å². The fourth-order valence-corrected chi connectivity index (χ4v) is 4.37. The second-order valence-electron chi connectivity index (χ2n) is 9.89. The van der Waals surface area contributed by atoms with Gasteiger partial charge in [0, 0.05) is 13.2 Å². The average molecular weight is 444 g/mol. The molecule has 0 unspecified atom stereocenters. The van der Waals surface area contributed by atoms with Gasteiger partial charge in [0.25, 0.3) is 0 Å². The number of hydrogen-bond acceptors (Lipinski definition) is 6. The second-order valence-corrected chi connectivity index (χ2v) is 9.89. The van der Waals surface area contributed by atoms with Gasteiger partial charge in [-0.3, -0.25) is 0 Å². The van der Waals surface area contributed by atoms with Crippen LogP contribution in [0.5, 0.6) is 0 Å². The van der Waals surface area contributed by atoms with E-state index in [0.29, 0.717) is 6.61 Å². The van der Waals surface area contributed by atoms with Gasteiger partial charge in [0.05, 0.1) is 6.61 Å². The van der Waals surface area contributed by atoms with Gasteiger partial charge in [-0.05, 0) is 47.3 Å². The van der Waals surface area contributed by atoms with E-state index < -0.39 is 5.79 Å². The van der Waals surface area contributed by atoms with Crippen LogP contribution in [0.2, 0.25) is 0 Å². The van der Waals surface area contributed by atoms with Crippen molar-refractivity contribution in [3.05, 3.63) is 0 Å². The molecule has 31 heavy (non-hydrogen) atoms. The number of fused-ring (bicyclic) bond motifs is 1. The summed E-state index contributed by atoms with van der Waals surface area (Å²) in [5.41, 5.74) is 0. The van der Waals surface area contributed by atoms with Crippen LogP contribution >= 0.6 is 0 Å². The predicted molar refractivity (Wildman–Crippen MR) is 124 cm³/mol. The van der Waals surface area contributed by atoms with Crippen LogP contribution in [0.15, 0.2) is 0 Å². The van der Waals surface area contributed by atoms with E-state index in [2.05, 4.69) is 25.9 Å². The number of ether oxygens (including phenoxy) is 5. The third-order valence-corrected chi connectivity index (χ3v) is 6.07. The van der Waals surface area contributed by atoms with Crippen molar-refractivity contribution in [1.82, 2.24) is 4.90 Å². The molecule has 2 rings (SSSR count). The van der Waals surface area contributed by atoms with Crippen molar-refractivity contribution in [1.29, 1.82) is 0 Å². The summed E-state index contributed by atoms with van der Waals surface area (Å²) >= 11 is 0. The molecule has 0 aromatic carbocycles. The zero-order valence-electron chi connectivity index (χ0n) is 20.9. The summed E-state index contributed by atoms with van der Waals surface area (Å²) in [5, 5.41) is 0. The maximum Gasteiger partial charge on any atom is 0.190 e. The zero-order valence-corrected chi connectivity index (χ0v) is 20.9. The van der Waals surface area contributed by atoms with E-state index in [1.807, 2.05) is 13.8 Å². The van der Waals surface area contributed by atoms with E-state index in [4.69, 9.17) is 23.7 Å². The Hall–Kier alpha value is -0.240. The van der Waals surface area contributed by atoms with Gasteiger partial charge in [0.2, 0.25) is 0 Å². The van der Waals surface area contributed by atoms with Crippen molar-refractivity contribution in [3.63, 3.8) is 0 Å². The molecule has 4 atom stereocenters. The van der Waals surface area contributed by atoms with Crippen molar-refractivity contribution < 1.29 is 23.7 Å². The maximum atomic E-state index is 6.27. The fourth-order valence-electron chi connectivity index (χ4n) is 4.37. The van der Waals surface area contributed by atoms with Crippen LogP contribution in [0.1, 0.15) is 91.4 Å². The Balaban J connectivity index is 1.62. The lowest BCUT2D eigenvalue weighted by molar-refractivity contribution is -0.223. The Bertz CT molecular complexity index is 459. The quantitative estimate of drug-likeness (QED) is 0.274. The Morgan fingerprint density at radius 3 is 2.10 bits per heavy atom. The largest absolute Gasteiger partial charge is 0.379 e. The smallest absolute Gasteiger partial charge is 0.190 e. The SMILES string of the molecule is CCCCCCCCCCCCO[C@@H]1[C@H]2OC(C)(C)O[C@H]2O[C@@H]1COCCCN(C)C. The van der Waals surface area contributed by atoms with Crippen LogP contribution in [0.4, 0.5) is 0 Å². The van der Waals surface area contributed by atoms with Crippen LogP contribution in [-0.2, 0) is 23.7 Å². The highest BCUT2D eigenvalue weighted by atomic mass is 16.8. The predicted octanol–water partition coefficient (Wildman–Crippen LogP) is 5.14. The van der Waals surface area contributed by atoms with Gasteiger partial charge in [-0.2, -0.15) is 0 Å². The first-order valence-corrected chi connectivity index (χ1v) is 12.8. The lowest BCUT2D eigenvalue weighted by atomic mass is 10.1. The number of unbranched alkanes of at least 4 members (excludes halogenated alkanes) is 9. The van der Waals surface area contributed by atoms with Crippen molar-refractivity contribution in [2.45, 2.75) is 122 Å². The molecule has 0 N–H and O–H groups in total. The van der Waals surface area contributed by atoms with E-state index in [9.17, 15) is 0 Å². The Labute approximate surface area is 191 Å². The molecule has 184 valence electrons. The number of rotatable bonds is 18. The highest BCUT2D eigenvalue weighted by Gasteiger charge is 2.55. The van der Waals surface area contributed by atoms with Gasteiger partial charge >= 0.3 is 0 Å². The number of hydrogen-bond donors (Lipinski definition) is 0. The molecule has 0 aliphatic carbocycles. The van der Waals surface area contributed by atoms with Gasteiger partial charge in [-0.25, -0.2) is 0 Å². The van der Waals surface area contributed by atoms with Crippen molar-refractivity contribution in [2.24, 2.45) is 0 Å². The molecule has 0 amide bonds. The molecule has 2 fully saturated rings. The maximum absolute atomic E-state index is 6.27. The van der Waals surface area contributed by atoms with Crippen LogP contribution in [0.25, 0.3) is 0 Å². The van der Waals surface area contributed by atoms with E-state index in [0.717, 1.165) is 32.6 Å². The first-order valence-electron chi connectivity index (χ1n) is 12.8.